The number of amides is 1. The number of carbonyl (C=O) groups excluding carboxylic acids is 1. The van der Waals surface area contributed by atoms with Gasteiger partial charge in [0.25, 0.3) is 0 Å². The number of rotatable bonds is 7. The maximum atomic E-state index is 13.2. The Kier molecular flexibility index (Phi) is 7.50. The van der Waals surface area contributed by atoms with Crippen molar-refractivity contribution in [3.8, 4) is 11.1 Å². The minimum atomic E-state index is -2.97. The van der Waals surface area contributed by atoms with Gasteiger partial charge in [0.05, 0.1) is 0 Å². The fourth-order valence-electron chi connectivity index (χ4n) is 4.63. The van der Waals surface area contributed by atoms with Crippen LogP contribution in [-0.2, 0) is 18.3 Å². The van der Waals surface area contributed by atoms with Crippen LogP contribution in [0.5, 0.6) is 0 Å². The van der Waals surface area contributed by atoms with Crippen molar-refractivity contribution >= 4 is 33.0 Å². The van der Waals surface area contributed by atoms with Crippen molar-refractivity contribution in [3.05, 3.63) is 83.2 Å². The molecule has 0 radical (unpaired) electrons. The van der Waals surface area contributed by atoms with Gasteiger partial charge in [0.2, 0.25) is 0 Å². The molecule has 1 amide bonds. The first-order valence-corrected chi connectivity index (χ1v) is 17.8. The summed E-state index contributed by atoms with van der Waals surface area (Å²) < 4.78 is 24.4. The van der Waals surface area contributed by atoms with Gasteiger partial charge in [-0.3, -0.25) is 4.98 Å². The van der Waals surface area contributed by atoms with Crippen molar-refractivity contribution < 1.29 is 13.2 Å². The molecule has 3 aromatic rings. The molecule has 1 aliphatic rings. The van der Waals surface area contributed by atoms with E-state index in [2.05, 4.69) is 49.3 Å². The summed E-state index contributed by atoms with van der Waals surface area (Å²) >= 11 is -1.22. The summed E-state index contributed by atoms with van der Waals surface area (Å²) in [6.45, 7) is 10.6. The molecule has 1 saturated carbocycles. The summed E-state index contributed by atoms with van der Waals surface area (Å²) in [7, 11) is -2.97. The molecule has 0 spiro atoms. The van der Waals surface area contributed by atoms with Crippen molar-refractivity contribution in [2.45, 2.75) is 58.4 Å². The SMILES string of the molecule is Cc1cc([C@@H](C)NC(=O)C2CC2c2ccc(C(C)(C)C)cc2-c2ccncc2)ccc1[AsH]S(C)(=O)=O. The molecule has 5 nitrogen and oxygen atoms in total. The van der Waals surface area contributed by atoms with Crippen LogP contribution >= 0.6 is 0 Å². The number of carbonyl (C=O) groups is 1. The first-order valence-electron chi connectivity index (χ1n) is 12.3. The van der Waals surface area contributed by atoms with Crippen LogP contribution < -0.4 is 9.67 Å². The van der Waals surface area contributed by atoms with Crippen LogP contribution in [0, 0.1) is 12.8 Å². The van der Waals surface area contributed by atoms with E-state index in [9.17, 15) is 13.2 Å². The van der Waals surface area contributed by atoms with Crippen LogP contribution in [0.1, 0.15) is 68.3 Å². The van der Waals surface area contributed by atoms with Gasteiger partial charge in [-0.05, 0) is 23.1 Å². The minimum absolute atomic E-state index is 0.0350. The zero-order chi connectivity index (χ0) is 26.3. The van der Waals surface area contributed by atoms with Crippen LogP contribution in [0.2, 0.25) is 0 Å². The Hall–Kier alpha value is -2.43. The molecule has 3 unspecified atom stereocenters. The van der Waals surface area contributed by atoms with Gasteiger partial charge in [-0.15, -0.1) is 0 Å². The molecule has 1 N–H and O–H groups in total. The fourth-order valence-corrected chi connectivity index (χ4v) is 9.54. The fraction of sp³-hybridized carbons (Fsp3) is 0.379. The van der Waals surface area contributed by atoms with Crippen LogP contribution in [0.15, 0.2) is 60.9 Å². The first kappa shape index (κ1) is 26.6. The molecule has 7 heteroatoms. The average Bonchev–Trinajstić information content (AvgIpc) is 3.60. The topological polar surface area (TPSA) is 76.1 Å². The third-order valence-corrected chi connectivity index (χ3v) is 12.3. The van der Waals surface area contributed by atoms with Crippen LogP contribution in [0.4, 0.5) is 0 Å². The molecule has 0 saturated heterocycles. The van der Waals surface area contributed by atoms with E-state index in [-0.39, 0.29) is 29.2 Å². The number of hydrogen-bond acceptors (Lipinski definition) is 4. The van der Waals surface area contributed by atoms with E-state index in [0.717, 1.165) is 27.5 Å². The normalized spacial score (nSPS) is 18.8. The van der Waals surface area contributed by atoms with Crippen LogP contribution in [-0.4, -0.2) is 40.2 Å². The maximum absolute atomic E-state index is 13.2. The molecule has 1 aliphatic carbocycles. The molecule has 0 aliphatic heterocycles. The quantitative estimate of drug-likeness (QED) is 0.432. The molecule has 36 heavy (non-hydrogen) atoms. The molecule has 190 valence electrons. The predicted octanol–water partition coefficient (Wildman–Crippen LogP) is 4.36. The zero-order valence-electron chi connectivity index (χ0n) is 21.8. The Bertz CT molecular complexity index is 1380. The van der Waals surface area contributed by atoms with Gasteiger partial charge in [-0.2, -0.15) is 0 Å². The number of aryl methyl sites for hydroxylation is 1. The summed E-state index contributed by atoms with van der Waals surface area (Å²) in [5.41, 5.74) is 6.79. The second-order valence-electron chi connectivity index (χ2n) is 10.9. The third-order valence-electron chi connectivity index (χ3n) is 6.84. The monoisotopic (exact) mass is 566 g/mol. The molecule has 1 aromatic heterocycles. The Balaban J connectivity index is 1.50. The summed E-state index contributed by atoms with van der Waals surface area (Å²) in [5.74, 6) is 0.212. The van der Waals surface area contributed by atoms with E-state index in [0.29, 0.717) is 0 Å². The second kappa shape index (κ2) is 10.1. The number of nitrogens with zero attached hydrogens (tertiary/aromatic N) is 1. The molecule has 4 atom stereocenters. The second-order valence-corrected chi connectivity index (χ2v) is 19.7. The average molecular weight is 567 g/mol. The molecule has 4 rings (SSSR count). The van der Waals surface area contributed by atoms with Gasteiger partial charge in [0, 0.05) is 12.4 Å². The van der Waals surface area contributed by atoms with Gasteiger partial charge < -0.3 is 0 Å². The van der Waals surface area contributed by atoms with E-state index in [1.54, 1.807) is 0 Å². The number of hydrogen-bond donors (Lipinski definition) is 1. The van der Waals surface area contributed by atoms with Crippen molar-refractivity contribution in [2.75, 3.05) is 6.26 Å². The number of nitrogens with one attached hydrogen (secondary N) is 1. The Morgan fingerprint density at radius 3 is 2.39 bits per heavy atom. The molecular weight excluding hydrogens is 531 g/mol. The van der Waals surface area contributed by atoms with E-state index >= 15 is 0 Å². The van der Waals surface area contributed by atoms with Crippen LogP contribution in [0.3, 0.4) is 0 Å². The summed E-state index contributed by atoms with van der Waals surface area (Å²) in [4.78, 5) is 17.4. The first-order chi connectivity index (χ1) is 16.8. The van der Waals surface area contributed by atoms with Crippen molar-refractivity contribution in [1.29, 1.82) is 0 Å². The van der Waals surface area contributed by atoms with Gasteiger partial charge >= 0.3 is 160 Å². The third kappa shape index (κ3) is 6.27. The molecular formula is C29H35AsN2O3S. The van der Waals surface area contributed by atoms with E-state index in [1.165, 1.54) is 22.9 Å². The molecule has 1 heterocycles. The number of benzene rings is 2. The van der Waals surface area contributed by atoms with Crippen molar-refractivity contribution in [1.82, 2.24) is 10.3 Å². The van der Waals surface area contributed by atoms with Gasteiger partial charge in [0.15, 0.2) is 0 Å². The molecule has 1 fully saturated rings. The van der Waals surface area contributed by atoms with Gasteiger partial charge in [0.1, 0.15) is 0 Å². The van der Waals surface area contributed by atoms with Gasteiger partial charge in [-0.1, -0.05) is 20.8 Å². The van der Waals surface area contributed by atoms with Crippen molar-refractivity contribution in [2.24, 2.45) is 5.92 Å². The van der Waals surface area contributed by atoms with Crippen molar-refractivity contribution in [3.63, 3.8) is 0 Å². The summed E-state index contributed by atoms with van der Waals surface area (Å²) in [6, 6.07) is 16.4. The number of pyridine rings is 1. The Morgan fingerprint density at radius 2 is 1.78 bits per heavy atom. The van der Waals surface area contributed by atoms with E-state index < -0.39 is 22.7 Å². The summed E-state index contributed by atoms with van der Waals surface area (Å²) in [6.07, 6.45) is 5.76. The number of aromatic nitrogens is 1. The zero-order valence-corrected chi connectivity index (χ0v) is 24.7. The Morgan fingerprint density at radius 1 is 1.08 bits per heavy atom. The standard InChI is InChI=1S/C29H35AsN2O3S/c1-18-15-21(7-10-27(18)30-36(6,34)35)19(2)32-28(33)26-17-25(26)23-9-8-22(29(3,4)5)16-24(23)20-11-13-31-14-12-20/h7-16,19,25-26,30H,17H2,1-6H3,(H,32,33)/t19-,25?,26?/m1/s1. The van der Waals surface area contributed by atoms with E-state index in [4.69, 9.17) is 0 Å². The predicted molar refractivity (Wildman–Crippen MR) is 149 cm³/mol. The summed E-state index contributed by atoms with van der Waals surface area (Å²) in [5, 5.41) is 3.19. The molecule has 0 bridgehead atoms. The van der Waals surface area contributed by atoms with Crippen LogP contribution in [0.25, 0.3) is 11.1 Å². The van der Waals surface area contributed by atoms with Gasteiger partial charge in [-0.25, -0.2) is 0 Å². The molecule has 2 aromatic carbocycles. The van der Waals surface area contributed by atoms with E-state index in [1.807, 2.05) is 56.6 Å². The Labute approximate surface area is 220 Å².